The number of aryl methyl sites for hydroxylation is 1. The van der Waals surface area contributed by atoms with Crippen LogP contribution in [0, 0.1) is 6.92 Å². The van der Waals surface area contributed by atoms with Gasteiger partial charge in [0.25, 0.3) is 0 Å². The number of pyridine rings is 1. The lowest BCUT2D eigenvalue weighted by Gasteiger charge is -2.21. The Morgan fingerprint density at radius 3 is 2.56 bits per heavy atom. The van der Waals surface area contributed by atoms with E-state index in [0.717, 1.165) is 22.2 Å². The van der Waals surface area contributed by atoms with Gasteiger partial charge >= 0.3 is 6.09 Å². The van der Waals surface area contributed by atoms with Gasteiger partial charge in [0.1, 0.15) is 0 Å². The molecule has 2 aromatic heterocycles. The quantitative estimate of drug-likeness (QED) is 0.752. The third-order valence-corrected chi connectivity index (χ3v) is 3.96. The van der Waals surface area contributed by atoms with Gasteiger partial charge in [0.2, 0.25) is 0 Å². The summed E-state index contributed by atoms with van der Waals surface area (Å²) in [6, 6.07) is 9.54. The number of nitrogens with zero attached hydrogens (tertiary/aromatic N) is 3. The fourth-order valence-electron chi connectivity index (χ4n) is 2.72. The van der Waals surface area contributed by atoms with Crippen molar-refractivity contribution in [3.8, 4) is 5.75 Å². The van der Waals surface area contributed by atoms with Crippen LogP contribution in [0.25, 0.3) is 23.1 Å². The lowest BCUT2D eigenvalue weighted by Crippen LogP contribution is -2.21. The Bertz CT molecular complexity index is 1040. The molecule has 2 heterocycles. The van der Waals surface area contributed by atoms with E-state index in [1.807, 2.05) is 64.1 Å². The molecule has 27 heavy (non-hydrogen) atoms. The number of aromatic nitrogens is 3. The second-order valence-electron chi connectivity index (χ2n) is 7.35. The number of primary amides is 1. The lowest BCUT2D eigenvalue weighted by atomic mass is 9.90. The number of amides is 1. The molecule has 0 saturated heterocycles. The van der Waals surface area contributed by atoms with Gasteiger partial charge in [-0.1, -0.05) is 32.9 Å². The molecule has 6 heteroatoms. The monoisotopic (exact) mass is 362 g/mol. The summed E-state index contributed by atoms with van der Waals surface area (Å²) in [6.07, 6.45) is 4.66. The molecule has 0 aliphatic rings. The highest BCUT2D eigenvalue weighted by molar-refractivity contribution is 5.85. The normalized spacial score (nSPS) is 11.9. The number of hydrogen-bond donors (Lipinski definition) is 1. The van der Waals surface area contributed by atoms with Gasteiger partial charge in [-0.05, 0) is 42.8 Å². The Morgan fingerprint density at radius 1 is 1.11 bits per heavy atom. The first-order chi connectivity index (χ1) is 12.7. The van der Waals surface area contributed by atoms with E-state index in [-0.39, 0.29) is 5.41 Å². The number of hydrogen-bond acceptors (Lipinski definition) is 5. The first-order valence-corrected chi connectivity index (χ1v) is 8.63. The summed E-state index contributed by atoms with van der Waals surface area (Å²) in [4.78, 5) is 24.5. The van der Waals surface area contributed by atoms with Crippen molar-refractivity contribution in [2.45, 2.75) is 33.1 Å². The number of fused-ring (bicyclic) bond motifs is 1. The molecule has 0 atom stereocenters. The fourth-order valence-corrected chi connectivity index (χ4v) is 2.72. The maximum atomic E-state index is 11.3. The van der Waals surface area contributed by atoms with Crippen LogP contribution in [-0.4, -0.2) is 21.0 Å². The number of rotatable bonds is 3. The van der Waals surface area contributed by atoms with E-state index < -0.39 is 6.09 Å². The van der Waals surface area contributed by atoms with Crippen LogP contribution in [0.5, 0.6) is 5.75 Å². The Morgan fingerprint density at radius 2 is 1.89 bits per heavy atom. The molecule has 0 bridgehead atoms. The van der Waals surface area contributed by atoms with Crippen LogP contribution in [0.3, 0.4) is 0 Å². The van der Waals surface area contributed by atoms with Crippen molar-refractivity contribution in [2.24, 2.45) is 5.73 Å². The molecule has 3 rings (SSSR count). The first kappa shape index (κ1) is 18.5. The molecule has 1 aromatic carbocycles. The molecular weight excluding hydrogens is 340 g/mol. The third-order valence-electron chi connectivity index (χ3n) is 3.96. The second kappa shape index (κ2) is 7.15. The summed E-state index contributed by atoms with van der Waals surface area (Å²) in [6.45, 7) is 7.95. The van der Waals surface area contributed by atoms with Crippen LogP contribution in [0.2, 0.25) is 0 Å². The van der Waals surface area contributed by atoms with Gasteiger partial charge in [0, 0.05) is 22.7 Å². The summed E-state index contributed by atoms with van der Waals surface area (Å²) in [5.41, 5.74) is 8.31. The van der Waals surface area contributed by atoms with Gasteiger partial charge < -0.3 is 10.5 Å². The summed E-state index contributed by atoms with van der Waals surface area (Å²) in [5, 5.41) is 0.853. The van der Waals surface area contributed by atoms with Crippen molar-refractivity contribution < 1.29 is 9.53 Å². The SMILES string of the molecule is Cc1ccnc(C=Cc2ccc3nc(C(C)(C)C)c(OC(N)=O)cc3c2)n1. The van der Waals surface area contributed by atoms with Crippen LogP contribution in [0.15, 0.2) is 36.5 Å². The van der Waals surface area contributed by atoms with Crippen LogP contribution < -0.4 is 10.5 Å². The molecule has 0 spiro atoms. The van der Waals surface area contributed by atoms with Crippen LogP contribution in [0.1, 0.15) is 43.5 Å². The number of benzene rings is 1. The molecule has 6 nitrogen and oxygen atoms in total. The van der Waals surface area contributed by atoms with Gasteiger partial charge in [-0.3, -0.25) is 0 Å². The number of carbonyl (C=O) groups excluding carboxylic acids is 1. The highest BCUT2D eigenvalue weighted by atomic mass is 16.5. The van der Waals surface area contributed by atoms with Crippen molar-refractivity contribution in [1.29, 1.82) is 0 Å². The smallest absolute Gasteiger partial charge is 0.408 e. The topological polar surface area (TPSA) is 91.0 Å². The molecule has 0 unspecified atom stereocenters. The maximum absolute atomic E-state index is 11.3. The van der Waals surface area contributed by atoms with Crippen LogP contribution in [-0.2, 0) is 5.41 Å². The van der Waals surface area contributed by atoms with E-state index >= 15 is 0 Å². The molecule has 0 aliphatic carbocycles. The highest BCUT2D eigenvalue weighted by Gasteiger charge is 2.23. The van der Waals surface area contributed by atoms with Crippen molar-refractivity contribution >= 4 is 29.1 Å². The summed E-state index contributed by atoms with van der Waals surface area (Å²) in [7, 11) is 0. The predicted molar refractivity (Wildman–Crippen MR) is 106 cm³/mol. The molecule has 0 radical (unpaired) electrons. The van der Waals surface area contributed by atoms with Crippen LogP contribution in [0.4, 0.5) is 4.79 Å². The lowest BCUT2D eigenvalue weighted by molar-refractivity contribution is 0.209. The van der Waals surface area contributed by atoms with Crippen molar-refractivity contribution in [3.05, 3.63) is 59.3 Å². The molecule has 0 aliphatic heterocycles. The highest BCUT2D eigenvalue weighted by Crippen LogP contribution is 2.33. The van der Waals surface area contributed by atoms with E-state index in [1.54, 1.807) is 12.3 Å². The van der Waals surface area contributed by atoms with E-state index in [2.05, 4.69) is 15.0 Å². The minimum atomic E-state index is -0.853. The number of ether oxygens (including phenoxy) is 1. The van der Waals surface area contributed by atoms with E-state index in [1.165, 1.54) is 0 Å². The fraction of sp³-hybridized carbons (Fsp3) is 0.238. The average Bonchev–Trinajstić information content (AvgIpc) is 2.58. The van der Waals surface area contributed by atoms with Gasteiger partial charge in [-0.15, -0.1) is 0 Å². The van der Waals surface area contributed by atoms with E-state index in [0.29, 0.717) is 17.3 Å². The van der Waals surface area contributed by atoms with Gasteiger partial charge in [0.05, 0.1) is 11.2 Å². The Labute approximate surface area is 158 Å². The minimum absolute atomic E-state index is 0.292. The van der Waals surface area contributed by atoms with Gasteiger partial charge in [-0.25, -0.2) is 19.7 Å². The molecule has 0 saturated carbocycles. The Kier molecular flexibility index (Phi) is 4.90. The Balaban J connectivity index is 2.02. The second-order valence-corrected chi connectivity index (χ2v) is 7.35. The number of nitrogens with two attached hydrogens (primary N) is 1. The zero-order valence-corrected chi connectivity index (χ0v) is 15.9. The number of carbonyl (C=O) groups is 1. The van der Waals surface area contributed by atoms with Crippen molar-refractivity contribution in [1.82, 2.24) is 15.0 Å². The van der Waals surface area contributed by atoms with Gasteiger partial charge in [0.15, 0.2) is 11.6 Å². The zero-order chi connectivity index (χ0) is 19.6. The van der Waals surface area contributed by atoms with Crippen molar-refractivity contribution in [3.63, 3.8) is 0 Å². The van der Waals surface area contributed by atoms with E-state index in [9.17, 15) is 4.79 Å². The standard InChI is InChI=1S/C21H22N4O2/c1-13-9-10-23-18(24-13)8-6-14-5-7-16-15(11-14)12-17(27-20(22)26)19(25-16)21(2,3)4/h5-12H,1-4H3,(H2,22,26). The average molecular weight is 362 g/mol. The van der Waals surface area contributed by atoms with Gasteiger partial charge in [-0.2, -0.15) is 0 Å². The Hall–Kier alpha value is -3.28. The molecule has 1 amide bonds. The summed E-state index contributed by atoms with van der Waals surface area (Å²) in [5.74, 6) is 1.03. The minimum Gasteiger partial charge on any atom is -0.408 e. The molecule has 2 N–H and O–H groups in total. The largest absolute Gasteiger partial charge is 0.410 e. The molecule has 0 fully saturated rings. The summed E-state index contributed by atoms with van der Waals surface area (Å²) >= 11 is 0. The van der Waals surface area contributed by atoms with E-state index in [4.69, 9.17) is 10.5 Å². The zero-order valence-electron chi connectivity index (χ0n) is 15.9. The molecule has 138 valence electrons. The first-order valence-electron chi connectivity index (χ1n) is 8.63. The summed E-state index contributed by atoms with van der Waals surface area (Å²) < 4.78 is 5.20. The van der Waals surface area contributed by atoms with Crippen LogP contribution >= 0.6 is 0 Å². The molecular formula is C21H22N4O2. The third kappa shape index (κ3) is 4.47. The maximum Gasteiger partial charge on any atom is 0.410 e. The van der Waals surface area contributed by atoms with Crippen molar-refractivity contribution in [2.75, 3.05) is 0 Å². The predicted octanol–water partition coefficient (Wildman–Crippen LogP) is 4.26. The molecule has 3 aromatic rings.